The van der Waals surface area contributed by atoms with Crippen LogP contribution in [0.5, 0.6) is 0 Å². The van der Waals surface area contributed by atoms with Crippen LogP contribution in [0.3, 0.4) is 0 Å². The number of nitrogens with one attached hydrogen (secondary N) is 1. The van der Waals surface area contributed by atoms with Gasteiger partial charge in [0.05, 0.1) is 23.9 Å². The Labute approximate surface area is 117 Å². The van der Waals surface area contributed by atoms with E-state index in [1.165, 1.54) is 10.9 Å². The maximum atomic E-state index is 9.50. The second-order valence-electron chi connectivity index (χ2n) is 5.75. The fourth-order valence-corrected chi connectivity index (χ4v) is 2.90. The summed E-state index contributed by atoms with van der Waals surface area (Å²) in [5, 5.41) is 10.7. The molecule has 2 aromatic heterocycles. The van der Waals surface area contributed by atoms with Gasteiger partial charge < -0.3 is 14.7 Å². The molecule has 0 spiro atoms. The Morgan fingerprint density at radius 1 is 1.35 bits per heavy atom. The lowest BCUT2D eigenvalue weighted by Crippen LogP contribution is -2.13. The van der Waals surface area contributed by atoms with Gasteiger partial charge in [-0.25, -0.2) is 4.98 Å². The lowest BCUT2D eigenvalue weighted by atomic mass is 10.1. The van der Waals surface area contributed by atoms with E-state index in [0.717, 1.165) is 29.9 Å². The largest absolute Gasteiger partial charge is 0.395 e. The third-order valence-electron chi connectivity index (χ3n) is 4.42. The van der Waals surface area contributed by atoms with Gasteiger partial charge in [0.1, 0.15) is 5.82 Å². The average molecular weight is 267 g/mol. The van der Waals surface area contributed by atoms with Gasteiger partial charge in [-0.3, -0.25) is 0 Å². The molecule has 3 aromatic rings. The van der Waals surface area contributed by atoms with Gasteiger partial charge in [0.15, 0.2) is 0 Å². The highest BCUT2D eigenvalue weighted by molar-refractivity contribution is 5.95. The molecule has 1 saturated carbocycles. The summed E-state index contributed by atoms with van der Waals surface area (Å²) >= 11 is 0. The molecule has 4 nitrogen and oxygen atoms in total. The van der Waals surface area contributed by atoms with Crippen LogP contribution in [-0.4, -0.2) is 26.2 Å². The molecule has 1 aliphatic carbocycles. The predicted octanol–water partition coefficient (Wildman–Crippen LogP) is 2.59. The first kappa shape index (κ1) is 11.7. The molecule has 102 valence electrons. The summed E-state index contributed by atoms with van der Waals surface area (Å²) in [4.78, 5) is 7.89. The van der Waals surface area contributed by atoms with Crippen molar-refractivity contribution in [3.8, 4) is 11.3 Å². The fraction of sp³-hybridized carbons (Fsp3) is 0.312. The molecule has 0 radical (unpaired) electrons. The number of rotatable bonds is 3. The van der Waals surface area contributed by atoms with Crippen molar-refractivity contribution in [1.29, 1.82) is 0 Å². The second-order valence-corrected chi connectivity index (χ2v) is 5.75. The molecule has 4 heteroatoms. The van der Waals surface area contributed by atoms with E-state index in [-0.39, 0.29) is 12.0 Å². The van der Waals surface area contributed by atoms with E-state index in [1.54, 1.807) is 0 Å². The summed E-state index contributed by atoms with van der Waals surface area (Å²) < 4.78 is 2.13. The third kappa shape index (κ3) is 1.55. The monoisotopic (exact) mass is 267 g/mol. The zero-order valence-electron chi connectivity index (χ0n) is 11.4. The number of hydrogen-bond acceptors (Lipinski definition) is 2. The van der Waals surface area contributed by atoms with Crippen molar-refractivity contribution in [3.05, 3.63) is 42.5 Å². The average Bonchev–Trinajstić information content (AvgIpc) is 3.00. The van der Waals surface area contributed by atoms with Gasteiger partial charge >= 0.3 is 0 Å². The summed E-state index contributed by atoms with van der Waals surface area (Å²) in [6.07, 6.45) is 6.05. The number of benzene rings is 1. The number of nitrogens with zero attached hydrogens (tertiary/aromatic N) is 2. The zero-order chi connectivity index (χ0) is 13.7. The lowest BCUT2D eigenvalue weighted by Gasteiger charge is -2.06. The topological polar surface area (TPSA) is 53.8 Å². The Hall–Kier alpha value is -2.07. The number of fused-ring (bicyclic) bond motifs is 1. The number of H-pyrrole nitrogens is 1. The number of aromatic nitrogens is 3. The van der Waals surface area contributed by atoms with E-state index < -0.39 is 0 Å². The molecule has 0 saturated heterocycles. The molecule has 0 amide bonds. The van der Waals surface area contributed by atoms with Gasteiger partial charge in [-0.15, -0.1) is 0 Å². The molecule has 4 rings (SSSR count). The number of aromatic amines is 1. The number of hydrogen-bond donors (Lipinski definition) is 2. The van der Waals surface area contributed by atoms with Crippen LogP contribution in [0.1, 0.15) is 18.7 Å². The summed E-state index contributed by atoms with van der Waals surface area (Å²) in [5.74, 6) is 0.919. The Bertz CT molecular complexity index is 780. The minimum Gasteiger partial charge on any atom is -0.395 e. The Morgan fingerprint density at radius 2 is 2.15 bits per heavy atom. The first-order valence-corrected chi connectivity index (χ1v) is 6.94. The van der Waals surface area contributed by atoms with Gasteiger partial charge in [0.25, 0.3) is 0 Å². The Kier molecular flexibility index (Phi) is 2.32. The van der Waals surface area contributed by atoms with E-state index in [2.05, 4.69) is 52.0 Å². The zero-order valence-corrected chi connectivity index (χ0v) is 11.4. The van der Waals surface area contributed by atoms with Crippen molar-refractivity contribution in [2.75, 3.05) is 6.61 Å². The van der Waals surface area contributed by atoms with Gasteiger partial charge in [-0.1, -0.05) is 18.2 Å². The van der Waals surface area contributed by atoms with Crippen LogP contribution in [0.2, 0.25) is 0 Å². The first-order chi connectivity index (χ1) is 9.73. The fourth-order valence-electron chi connectivity index (χ4n) is 2.90. The van der Waals surface area contributed by atoms with Crippen LogP contribution in [0, 0.1) is 0 Å². The van der Waals surface area contributed by atoms with Crippen LogP contribution < -0.4 is 0 Å². The van der Waals surface area contributed by atoms with E-state index >= 15 is 0 Å². The summed E-state index contributed by atoms with van der Waals surface area (Å²) in [5.41, 5.74) is 3.29. The number of aliphatic hydroxyl groups is 1. The van der Waals surface area contributed by atoms with Gasteiger partial charge in [0, 0.05) is 29.7 Å². The maximum Gasteiger partial charge on any atom is 0.115 e. The highest BCUT2D eigenvalue weighted by Crippen LogP contribution is 2.46. The van der Waals surface area contributed by atoms with Crippen LogP contribution in [0.4, 0.5) is 0 Å². The molecule has 20 heavy (non-hydrogen) atoms. The number of aliphatic hydroxyl groups excluding tert-OH is 1. The minimum atomic E-state index is -0.108. The van der Waals surface area contributed by atoms with Gasteiger partial charge in [0.2, 0.25) is 0 Å². The molecule has 0 unspecified atom stereocenters. The second kappa shape index (κ2) is 3.96. The van der Waals surface area contributed by atoms with Crippen molar-refractivity contribution in [2.45, 2.75) is 18.3 Å². The van der Waals surface area contributed by atoms with Crippen molar-refractivity contribution in [3.63, 3.8) is 0 Å². The quantitative estimate of drug-likeness (QED) is 0.766. The molecule has 0 aliphatic heterocycles. The summed E-state index contributed by atoms with van der Waals surface area (Å²) in [6, 6.07) is 8.35. The number of imidazole rings is 1. The van der Waals surface area contributed by atoms with E-state index in [1.807, 2.05) is 6.20 Å². The van der Waals surface area contributed by atoms with E-state index in [9.17, 15) is 5.11 Å². The number of aryl methyl sites for hydroxylation is 1. The standard InChI is InChI=1S/C16H17N3O/c1-19-9-12(11-4-2-3-5-14(11)19)13-8-17-15(18-13)16(10-20)6-7-16/h2-5,8-9,20H,6-7,10H2,1H3,(H,17,18). The Morgan fingerprint density at radius 3 is 2.90 bits per heavy atom. The molecular weight excluding hydrogens is 250 g/mol. The van der Waals surface area contributed by atoms with Gasteiger partial charge in [-0.05, 0) is 18.9 Å². The molecule has 2 heterocycles. The smallest absolute Gasteiger partial charge is 0.115 e. The van der Waals surface area contributed by atoms with Crippen molar-refractivity contribution >= 4 is 10.9 Å². The van der Waals surface area contributed by atoms with Crippen LogP contribution >= 0.6 is 0 Å². The highest BCUT2D eigenvalue weighted by atomic mass is 16.3. The minimum absolute atomic E-state index is 0.108. The van der Waals surface area contributed by atoms with Crippen molar-refractivity contribution < 1.29 is 5.11 Å². The predicted molar refractivity (Wildman–Crippen MR) is 78.5 cm³/mol. The molecule has 0 bridgehead atoms. The maximum absolute atomic E-state index is 9.50. The van der Waals surface area contributed by atoms with Gasteiger partial charge in [-0.2, -0.15) is 0 Å². The lowest BCUT2D eigenvalue weighted by molar-refractivity contribution is 0.250. The molecular formula is C16H17N3O. The van der Waals surface area contributed by atoms with E-state index in [0.29, 0.717) is 0 Å². The van der Waals surface area contributed by atoms with Crippen LogP contribution in [0.15, 0.2) is 36.7 Å². The molecule has 2 N–H and O–H groups in total. The van der Waals surface area contributed by atoms with Crippen molar-refractivity contribution in [1.82, 2.24) is 14.5 Å². The van der Waals surface area contributed by atoms with Crippen LogP contribution in [0.25, 0.3) is 22.2 Å². The summed E-state index contributed by atoms with van der Waals surface area (Å²) in [6.45, 7) is 0.176. The third-order valence-corrected chi connectivity index (χ3v) is 4.42. The first-order valence-electron chi connectivity index (χ1n) is 6.94. The number of para-hydroxylation sites is 1. The highest BCUT2D eigenvalue weighted by Gasteiger charge is 2.46. The normalized spacial score (nSPS) is 16.7. The molecule has 0 atom stereocenters. The molecule has 1 aliphatic rings. The molecule has 1 aromatic carbocycles. The SMILES string of the molecule is Cn1cc(-c2cnc(C3(CO)CC3)[nH]2)c2ccccc21. The van der Waals surface area contributed by atoms with Crippen LogP contribution in [-0.2, 0) is 12.5 Å². The Balaban J connectivity index is 1.84. The van der Waals surface area contributed by atoms with E-state index in [4.69, 9.17) is 0 Å². The molecule has 1 fully saturated rings. The summed E-state index contributed by atoms with van der Waals surface area (Å²) in [7, 11) is 2.05. The van der Waals surface area contributed by atoms with Crippen molar-refractivity contribution in [2.24, 2.45) is 7.05 Å².